The molecule has 0 unspecified atom stereocenters. The van der Waals surface area contributed by atoms with E-state index in [-0.39, 0.29) is 5.41 Å². The van der Waals surface area contributed by atoms with Crippen LogP contribution in [0.2, 0.25) is 0 Å². The van der Waals surface area contributed by atoms with E-state index in [2.05, 4.69) is 35.9 Å². The predicted molar refractivity (Wildman–Crippen MR) is 73.5 cm³/mol. The van der Waals surface area contributed by atoms with Crippen LogP contribution in [0, 0.1) is 5.41 Å². The lowest BCUT2D eigenvalue weighted by Crippen LogP contribution is -2.55. The van der Waals surface area contributed by atoms with Crippen LogP contribution in [-0.2, 0) is 4.79 Å². The molecule has 0 saturated carbocycles. The Hall–Kier alpha value is -0.610. The zero-order valence-corrected chi connectivity index (χ0v) is 12.0. The number of rotatable bonds is 2. The van der Waals surface area contributed by atoms with E-state index in [1.165, 1.54) is 0 Å². The lowest BCUT2D eigenvalue weighted by molar-refractivity contribution is -0.144. The molecule has 0 spiro atoms. The number of hydrogen-bond donors (Lipinski definition) is 1. The van der Waals surface area contributed by atoms with Gasteiger partial charge in [0, 0.05) is 37.6 Å². The van der Waals surface area contributed by atoms with Crippen molar-refractivity contribution in [1.29, 1.82) is 0 Å². The minimum absolute atomic E-state index is 0.120. The van der Waals surface area contributed by atoms with E-state index in [0.717, 1.165) is 52.1 Å². The van der Waals surface area contributed by atoms with E-state index in [1.54, 1.807) is 0 Å². The highest BCUT2D eigenvalue weighted by molar-refractivity contribution is 5.82. The molecule has 0 aliphatic carbocycles. The first-order valence-corrected chi connectivity index (χ1v) is 7.27. The Kier molecular flexibility index (Phi) is 4.28. The van der Waals surface area contributed by atoms with E-state index in [9.17, 15) is 4.79 Å². The zero-order valence-electron chi connectivity index (χ0n) is 12.0. The van der Waals surface area contributed by atoms with Gasteiger partial charge in [0.05, 0.1) is 0 Å². The van der Waals surface area contributed by atoms with Crippen LogP contribution in [0.5, 0.6) is 0 Å². The second-order valence-electron chi connectivity index (χ2n) is 6.23. The van der Waals surface area contributed by atoms with Crippen LogP contribution in [0.3, 0.4) is 0 Å². The van der Waals surface area contributed by atoms with Gasteiger partial charge in [0.2, 0.25) is 5.91 Å². The van der Waals surface area contributed by atoms with Crippen molar-refractivity contribution in [1.82, 2.24) is 15.1 Å². The maximum Gasteiger partial charge on any atom is 0.228 e. The molecule has 2 saturated heterocycles. The lowest BCUT2D eigenvalue weighted by atomic mass is 9.79. The topological polar surface area (TPSA) is 35.6 Å². The third-order valence-electron chi connectivity index (χ3n) is 4.56. The number of piperazine rings is 1. The molecule has 2 aliphatic rings. The molecule has 0 aromatic carbocycles. The first-order valence-electron chi connectivity index (χ1n) is 7.27. The number of hydrogen-bond acceptors (Lipinski definition) is 3. The first-order chi connectivity index (χ1) is 8.53. The Balaban J connectivity index is 1.90. The molecule has 0 radical (unpaired) electrons. The van der Waals surface area contributed by atoms with Crippen molar-refractivity contribution in [2.75, 3.05) is 39.3 Å². The van der Waals surface area contributed by atoms with Gasteiger partial charge < -0.3 is 10.2 Å². The van der Waals surface area contributed by atoms with Crippen LogP contribution in [0.4, 0.5) is 0 Å². The number of carbonyl (C=O) groups is 1. The Morgan fingerprint density at radius 2 is 1.67 bits per heavy atom. The fourth-order valence-electron chi connectivity index (χ4n) is 3.02. The molecule has 4 heteroatoms. The highest BCUT2D eigenvalue weighted by Crippen LogP contribution is 2.30. The first kappa shape index (κ1) is 13.8. The molecule has 104 valence electrons. The molecule has 0 aromatic rings. The average Bonchev–Trinajstić information content (AvgIpc) is 2.39. The number of nitrogens with one attached hydrogen (secondary N) is 1. The summed E-state index contributed by atoms with van der Waals surface area (Å²) in [5, 5.41) is 3.34. The number of piperidine rings is 1. The van der Waals surface area contributed by atoms with Gasteiger partial charge in [0.15, 0.2) is 0 Å². The minimum Gasteiger partial charge on any atom is -0.340 e. The van der Waals surface area contributed by atoms with E-state index in [1.807, 2.05) is 0 Å². The standard InChI is InChI=1S/C14H27N3O/c1-12(2)16-8-10-17(11-9-16)13(18)14(3)4-6-15-7-5-14/h12,15H,4-11H2,1-3H3. The zero-order chi connectivity index (χ0) is 13.2. The van der Waals surface area contributed by atoms with Crippen molar-refractivity contribution in [3.63, 3.8) is 0 Å². The van der Waals surface area contributed by atoms with Gasteiger partial charge in [-0.05, 0) is 39.8 Å². The van der Waals surface area contributed by atoms with Crippen LogP contribution < -0.4 is 5.32 Å². The van der Waals surface area contributed by atoms with E-state index < -0.39 is 0 Å². The monoisotopic (exact) mass is 253 g/mol. The summed E-state index contributed by atoms with van der Waals surface area (Å²) in [6, 6.07) is 0.594. The third-order valence-corrected chi connectivity index (χ3v) is 4.56. The summed E-state index contributed by atoms with van der Waals surface area (Å²) >= 11 is 0. The van der Waals surface area contributed by atoms with Crippen molar-refractivity contribution in [3.05, 3.63) is 0 Å². The summed E-state index contributed by atoms with van der Waals surface area (Å²) in [5.41, 5.74) is -0.120. The summed E-state index contributed by atoms with van der Waals surface area (Å²) in [6.07, 6.45) is 1.96. The Bertz CT molecular complexity index is 289. The van der Waals surface area contributed by atoms with Crippen LogP contribution in [0.25, 0.3) is 0 Å². The van der Waals surface area contributed by atoms with Gasteiger partial charge >= 0.3 is 0 Å². The summed E-state index contributed by atoms with van der Waals surface area (Å²) in [6.45, 7) is 12.4. The van der Waals surface area contributed by atoms with Crippen LogP contribution in [-0.4, -0.2) is 61.0 Å². The van der Waals surface area contributed by atoms with E-state index in [0.29, 0.717) is 11.9 Å². The van der Waals surface area contributed by atoms with Crippen molar-refractivity contribution >= 4 is 5.91 Å². The fraction of sp³-hybridized carbons (Fsp3) is 0.929. The Morgan fingerprint density at radius 1 is 1.11 bits per heavy atom. The molecular formula is C14H27N3O. The van der Waals surface area contributed by atoms with Crippen molar-refractivity contribution < 1.29 is 4.79 Å². The third kappa shape index (κ3) is 2.86. The summed E-state index contributed by atoms with van der Waals surface area (Å²) < 4.78 is 0. The number of amides is 1. The molecule has 0 aromatic heterocycles. The molecule has 1 N–H and O–H groups in total. The van der Waals surface area contributed by atoms with Crippen molar-refractivity contribution in [2.24, 2.45) is 5.41 Å². The molecule has 0 bridgehead atoms. The molecule has 0 atom stereocenters. The quantitative estimate of drug-likeness (QED) is 0.795. The maximum absolute atomic E-state index is 12.6. The van der Waals surface area contributed by atoms with Crippen molar-refractivity contribution in [3.8, 4) is 0 Å². The van der Waals surface area contributed by atoms with Crippen molar-refractivity contribution in [2.45, 2.75) is 39.7 Å². The highest BCUT2D eigenvalue weighted by atomic mass is 16.2. The fourth-order valence-corrected chi connectivity index (χ4v) is 3.02. The maximum atomic E-state index is 12.6. The number of carbonyl (C=O) groups excluding carboxylic acids is 1. The molecule has 2 heterocycles. The average molecular weight is 253 g/mol. The smallest absolute Gasteiger partial charge is 0.228 e. The van der Waals surface area contributed by atoms with Crippen LogP contribution in [0.1, 0.15) is 33.6 Å². The van der Waals surface area contributed by atoms with Gasteiger partial charge in [-0.3, -0.25) is 9.69 Å². The van der Waals surface area contributed by atoms with Gasteiger partial charge in [-0.1, -0.05) is 6.92 Å². The minimum atomic E-state index is -0.120. The molecule has 1 amide bonds. The summed E-state index contributed by atoms with van der Waals surface area (Å²) in [4.78, 5) is 17.2. The highest BCUT2D eigenvalue weighted by Gasteiger charge is 2.38. The summed E-state index contributed by atoms with van der Waals surface area (Å²) in [5.74, 6) is 0.382. The van der Waals surface area contributed by atoms with Crippen LogP contribution >= 0.6 is 0 Å². The molecule has 2 rings (SSSR count). The molecule has 18 heavy (non-hydrogen) atoms. The molecular weight excluding hydrogens is 226 g/mol. The SMILES string of the molecule is CC(C)N1CCN(C(=O)C2(C)CCNCC2)CC1. The van der Waals surface area contributed by atoms with Gasteiger partial charge in [-0.2, -0.15) is 0 Å². The second-order valence-corrected chi connectivity index (χ2v) is 6.23. The van der Waals surface area contributed by atoms with Gasteiger partial charge in [0.1, 0.15) is 0 Å². The predicted octanol–water partition coefficient (Wildman–Crippen LogP) is 0.929. The Labute approximate surface area is 111 Å². The molecule has 2 fully saturated rings. The van der Waals surface area contributed by atoms with Gasteiger partial charge in [0.25, 0.3) is 0 Å². The van der Waals surface area contributed by atoms with Gasteiger partial charge in [-0.15, -0.1) is 0 Å². The normalized spacial score (nSPS) is 25.4. The Morgan fingerprint density at radius 3 is 2.17 bits per heavy atom. The molecule has 4 nitrogen and oxygen atoms in total. The van der Waals surface area contributed by atoms with Crippen LogP contribution in [0.15, 0.2) is 0 Å². The van der Waals surface area contributed by atoms with E-state index in [4.69, 9.17) is 0 Å². The number of nitrogens with zero attached hydrogens (tertiary/aromatic N) is 2. The lowest BCUT2D eigenvalue weighted by Gasteiger charge is -2.42. The second kappa shape index (κ2) is 5.57. The molecule has 2 aliphatic heterocycles. The van der Waals surface area contributed by atoms with E-state index >= 15 is 0 Å². The van der Waals surface area contributed by atoms with Gasteiger partial charge in [-0.25, -0.2) is 0 Å². The summed E-state index contributed by atoms with van der Waals surface area (Å²) in [7, 11) is 0. The largest absolute Gasteiger partial charge is 0.340 e.